The van der Waals surface area contributed by atoms with Crippen LogP contribution in [-0.4, -0.2) is 23.2 Å². The van der Waals surface area contributed by atoms with Crippen LogP contribution in [-0.2, 0) is 15.6 Å². The summed E-state index contributed by atoms with van der Waals surface area (Å²) in [7, 11) is -0.313. The zero-order valence-electron chi connectivity index (χ0n) is 11.7. The van der Waals surface area contributed by atoms with Crippen molar-refractivity contribution in [2.24, 2.45) is 0 Å². The number of nitro benzene ring substituents is 1. The SMILES string of the molecule is CC1(C)OB(Cc2ccc([N+](=O)[O-])cc2)OC1(C)C. The molecule has 1 heterocycles. The standard InChI is InChI=1S/C13H18BNO4/c1-12(2)13(3,4)19-14(18-12)9-10-5-7-11(8-6-10)15(16)17/h5-8H,9H2,1-4H3. The Morgan fingerprint density at radius 2 is 1.58 bits per heavy atom. The number of hydrogen-bond acceptors (Lipinski definition) is 4. The lowest BCUT2D eigenvalue weighted by Gasteiger charge is -2.32. The van der Waals surface area contributed by atoms with Crippen molar-refractivity contribution in [1.82, 2.24) is 0 Å². The Hall–Kier alpha value is -1.40. The van der Waals surface area contributed by atoms with Crippen LogP contribution in [0.4, 0.5) is 5.69 Å². The van der Waals surface area contributed by atoms with E-state index >= 15 is 0 Å². The Bertz CT molecular complexity index is 468. The lowest BCUT2D eigenvalue weighted by atomic mass is 9.81. The molecule has 6 heteroatoms. The van der Waals surface area contributed by atoms with Crippen LogP contribution in [0.2, 0.25) is 0 Å². The predicted octanol–water partition coefficient (Wildman–Crippen LogP) is 2.77. The van der Waals surface area contributed by atoms with E-state index < -0.39 is 4.92 Å². The van der Waals surface area contributed by atoms with Gasteiger partial charge in [-0.2, -0.15) is 0 Å². The van der Waals surface area contributed by atoms with Gasteiger partial charge < -0.3 is 9.31 Å². The second kappa shape index (κ2) is 4.61. The topological polar surface area (TPSA) is 61.6 Å². The summed E-state index contributed by atoms with van der Waals surface area (Å²) in [5, 5.41) is 10.6. The van der Waals surface area contributed by atoms with E-state index in [1.165, 1.54) is 12.1 Å². The maximum atomic E-state index is 10.6. The van der Waals surface area contributed by atoms with Gasteiger partial charge in [-0.15, -0.1) is 0 Å². The van der Waals surface area contributed by atoms with Crippen LogP contribution in [0.5, 0.6) is 0 Å². The van der Waals surface area contributed by atoms with Crippen molar-refractivity contribution < 1.29 is 14.2 Å². The summed E-state index contributed by atoms with van der Waals surface area (Å²) < 4.78 is 11.8. The fourth-order valence-corrected chi connectivity index (χ4v) is 1.99. The van der Waals surface area contributed by atoms with Crippen LogP contribution >= 0.6 is 0 Å². The number of non-ortho nitro benzene ring substituents is 1. The highest BCUT2D eigenvalue weighted by molar-refractivity contribution is 6.45. The Morgan fingerprint density at radius 3 is 2.00 bits per heavy atom. The van der Waals surface area contributed by atoms with Crippen molar-refractivity contribution in [3.63, 3.8) is 0 Å². The summed E-state index contributed by atoms with van der Waals surface area (Å²) >= 11 is 0. The van der Waals surface area contributed by atoms with E-state index in [1.807, 2.05) is 27.7 Å². The molecular formula is C13H18BNO4. The molecule has 1 aliphatic heterocycles. The van der Waals surface area contributed by atoms with Crippen LogP contribution in [0.3, 0.4) is 0 Å². The first-order valence-electron chi connectivity index (χ1n) is 6.30. The second-order valence-electron chi connectivity index (χ2n) is 5.81. The van der Waals surface area contributed by atoms with Gasteiger partial charge in [-0.25, -0.2) is 0 Å². The van der Waals surface area contributed by atoms with Gasteiger partial charge in [0.1, 0.15) is 0 Å². The van der Waals surface area contributed by atoms with Crippen LogP contribution in [0.25, 0.3) is 0 Å². The molecule has 0 spiro atoms. The minimum absolute atomic E-state index is 0.0951. The maximum absolute atomic E-state index is 10.6. The van der Waals surface area contributed by atoms with E-state index in [-0.39, 0.29) is 24.0 Å². The molecule has 0 aromatic heterocycles. The molecule has 0 N–H and O–H groups in total. The van der Waals surface area contributed by atoms with E-state index in [1.54, 1.807) is 12.1 Å². The summed E-state index contributed by atoms with van der Waals surface area (Å²) in [6.07, 6.45) is 0.588. The molecule has 2 rings (SSSR count). The molecule has 0 aliphatic carbocycles. The van der Waals surface area contributed by atoms with E-state index in [0.717, 1.165) is 5.56 Å². The largest absolute Gasteiger partial charge is 0.462 e. The lowest BCUT2D eigenvalue weighted by molar-refractivity contribution is -0.384. The third-order valence-corrected chi connectivity index (χ3v) is 3.85. The number of benzene rings is 1. The van der Waals surface area contributed by atoms with E-state index in [9.17, 15) is 10.1 Å². The van der Waals surface area contributed by atoms with Crippen molar-refractivity contribution in [3.8, 4) is 0 Å². The van der Waals surface area contributed by atoms with Gasteiger partial charge >= 0.3 is 7.12 Å². The minimum atomic E-state index is -0.404. The first kappa shape index (κ1) is 14.0. The molecule has 1 saturated heterocycles. The molecule has 1 fully saturated rings. The van der Waals surface area contributed by atoms with Crippen LogP contribution in [0.15, 0.2) is 24.3 Å². The quantitative estimate of drug-likeness (QED) is 0.478. The fourth-order valence-electron chi connectivity index (χ4n) is 1.99. The van der Waals surface area contributed by atoms with Crippen LogP contribution in [0, 0.1) is 10.1 Å². The number of hydrogen-bond donors (Lipinski definition) is 0. The van der Waals surface area contributed by atoms with E-state index in [2.05, 4.69) is 0 Å². The average molecular weight is 263 g/mol. The molecule has 0 atom stereocenters. The van der Waals surface area contributed by atoms with Crippen LogP contribution in [0.1, 0.15) is 33.3 Å². The number of rotatable bonds is 3. The van der Waals surface area contributed by atoms with Gasteiger partial charge in [0.2, 0.25) is 0 Å². The zero-order chi connectivity index (χ0) is 14.3. The van der Waals surface area contributed by atoms with Crippen molar-refractivity contribution in [1.29, 1.82) is 0 Å². The van der Waals surface area contributed by atoms with Gasteiger partial charge in [0.15, 0.2) is 0 Å². The summed E-state index contributed by atoms with van der Waals surface area (Å²) in [5.41, 5.74) is 0.360. The molecule has 19 heavy (non-hydrogen) atoms. The third-order valence-electron chi connectivity index (χ3n) is 3.85. The second-order valence-corrected chi connectivity index (χ2v) is 5.81. The molecule has 0 unspecified atom stereocenters. The molecular weight excluding hydrogens is 245 g/mol. The third kappa shape index (κ3) is 2.79. The summed E-state index contributed by atoms with van der Waals surface area (Å²) in [6, 6.07) is 6.48. The Balaban J connectivity index is 2.05. The Labute approximate surface area is 113 Å². The highest BCUT2D eigenvalue weighted by atomic mass is 16.7. The predicted molar refractivity (Wildman–Crippen MR) is 72.9 cm³/mol. The molecule has 0 bridgehead atoms. The van der Waals surface area contributed by atoms with Crippen LogP contribution < -0.4 is 0 Å². The monoisotopic (exact) mass is 263 g/mol. The smallest absolute Gasteiger partial charge is 0.403 e. The number of nitrogens with zero attached hydrogens (tertiary/aromatic N) is 1. The van der Waals surface area contributed by atoms with Gasteiger partial charge in [-0.1, -0.05) is 12.1 Å². The van der Waals surface area contributed by atoms with E-state index in [4.69, 9.17) is 9.31 Å². The highest BCUT2D eigenvalue weighted by Gasteiger charge is 2.50. The first-order chi connectivity index (χ1) is 8.71. The van der Waals surface area contributed by atoms with Gasteiger partial charge in [0, 0.05) is 18.5 Å². The molecule has 1 aromatic rings. The summed E-state index contributed by atoms with van der Waals surface area (Å²) in [4.78, 5) is 10.2. The lowest BCUT2D eigenvalue weighted by Crippen LogP contribution is -2.41. The molecule has 1 aromatic carbocycles. The van der Waals surface area contributed by atoms with Gasteiger partial charge in [-0.3, -0.25) is 10.1 Å². The summed E-state index contributed by atoms with van der Waals surface area (Å²) in [5.74, 6) is 0. The molecule has 5 nitrogen and oxygen atoms in total. The maximum Gasteiger partial charge on any atom is 0.462 e. The Morgan fingerprint density at radius 1 is 1.11 bits per heavy atom. The molecule has 0 saturated carbocycles. The van der Waals surface area contributed by atoms with E-state index in [0.29, 0.717) is 6.32 Å². The number of nitro groups is 1. The molecule has 0 radical (unpaired) electrons. The van der Waals surface area contributed by atoms with Gasteiger partial charge in [-0.05, 0) is 33.3 Å². The minimum Gasteiger partial charge on any atom is -0.403 e. The zero-order valence-corrected chi connectivity index (χ0v) is 11.7. The highest BCUT2D eigenvalue weighted by Crippen LogP contribution is 2.37. The van der Waals surface area contributed by atoms with Crippen molar-refractivity contribution in [3.05, 3.63) is 39.9 Å². The van der Waals surface area contributed by atoms with Crippen molar-refractivity contribution >= 4 is 12.8 Å². The first-order valence-corrected chi connectivity index (χ1v) is 6.30. The van der Waals surface area contributed by atoms with Crippen molar-refractivity contribution in [2.75, 3.05) is 0 Å². The summed E-state index contributed by atoms with van der Waals surface area (Å²) in [6.45, 7) is 8.01. The fraction of sp³-hybridized carbons (Fsp3) is 0.538. The van der Waals surface area contributed by atoms with Gasteiger partial charge in [0.05, 0.1) is 16.1 Å². The average Bonchev–Trinajstić information content (AvgIpc) is 2.47. The van der Waals surface area contributed by atoms with Crippen molar-refractivity contribution in [2.45, 2.75) is 45.2 Å². The normalized spacial score (nSPS) is 20.5. The molecule has 1 aliphatic rings. The Kier molecular flexibility index (Phi) is 3.41. The molecule has 0 amide bonds. The van der Waals surface area contributed by atoms with Gasteiger partial charge in [0.25, 0.3) is 5.69 Å². The molecule has 102 valence electrons.